The summed E-state index contributed by atoms with van der Waals surface area (Å²) in [7, 11) is 1.81. The van der Waals surface area contributed by atoms with Crippen molar-refractivity contribution in [2.75, 3.05) is 12.8 Å². The minimum absolute atomic E-state index is 0.119. The molecule has 1 N–H and O–H groups in total. The molecule has 0 fully saturated rings. The highest BCUT2D eigenvalue weighted by Crippen LogP contribution is 2.20. The fourth-order valence-electron chi connectivity index (χ4n) is 1.08. The number of phenolic OH excluding ortho intramolecular Hbond substituents is 1. The highest BCUT2D eigenvalue weighted by Gasteiger charge is 2.11. The van der Waals surface area contributed by atoms with Gasteiger partial charge < -0.3 is 10.0 Å². The van der Waals surface area contributed by atoms with Crippen LogP contribution in [0.4, 0.5) is 0 Å². The standard InChI is InChI=1S/C12H17NO2S/c1-9(2)13(3)12(15)8-16-11-6-4-10(14)5-7-11/h4-7,9,14H,8H2,1-3H3. The van der Waals surface area contributed by atoms with Crippen LogP contribution in [0.3, 0.4) is 0 Å². The van der Waals surface area contributed by atoms with Gasteiger partial charge in [-0.3, -0.25) is 4.79 Å². The van der Waals surface area contributed by atoms with Crippen molar-refractivity contribution in [3.05, 3.63) is 24.3 Å². The first-order valence-electron chi connectivity index (χ1n) is 5.18. The number of thioether (sulfide) groups is 1. The topological polar surface area (TPSA) is 40.5 Å². The van der Waals surface area contributed by atoms with Crippen molar-refractivity contribution in [1.82, 2.24) is 4.90 Å². The molecule has 0 spiro atoms. The van der Waals surface area contributed by atoms with Gasteiger partial charge in [-0.1, -0.05) is 0 Å². The number of hydrogen-bond acceptors (Lipinski definition) is 3. The molecule has 0 atom stereocenters. The Morgan fingerprint density at radius 2 is 1.94 bits per heavy atom. The number of hydrogen-bond donors (Lipinski definition) is 1. The van der Waals surface area contributed by atoms with Crippen molar-refractivity contribution >= 4 is 17.7 Å². The van der Waals surface area contributed by atoms with Gasteiger partial charge in [0.1, 0.15) is 5.75 Å². The van der Waals surface area contributed by atoms with Gasteiger partial charge in [0.05, 0.1) is 5.75 Å². The van der Waals surface area contributed by atoms with E-state index in [0.29, 0.717) is 5.75 Å². The summed E-state index contributed by atoms with van der Waals surface area (Å²) in [6.07, 6.45) is 0. The summed E-state index contributed by atoms with van der Waals surface area (Å²) in [6.45, 7) is 3.98. The molecule has 0 aliphatic carbocycles. The molecule has 0 saturated carbocycles. The van der Waals surface area contributed by atoms with E-state index in [9.17, 15) is 4.79 Å². The van der Waals surface area contributed by atoms with Crippen LogP contribution in [0.15, 0.2) is 29.2 Å². The van der Waals surface area contributed by atoms with Crippen LogP contribution in [0.1, 0.15) is 13.8 Å². The number of rotatable bonds is 4. The first-order valence-corrected chi connectivity index (χ1v) is 6.16. The van der Waals surface area contributed by atoms with Gasteiger partial charge in [-0.2, -0.15) is 0 Å². The maximum Gasteiger partial charge on any atom is 0.232 e. The van der Waals surface area contributed by atoms with E-state index in [1.54, 1.807) is 17.0 Å². The molecule has 1 aromatic rings. The predicted molar refractivity (Wildman–Crippen MR) is 66.7 cm³/mol. The first kappa shape index (κ1) is 12.9. The minimum Gasteiger partial charge on any atom is -0.508 e. The van der Waals surface area contributed by atoms with Crippen LogP contribution in [0, 0.1) is 0 Å². The summed E-state index contributed by atoms with van der Waals surface area (Å²) >= 11 is 1.48. The largest absolute Gasteiger partial charge is 0.508 e. The Balaban J connectivity index is 2.46. The lowest BCUT2D eigenvalue weighted by Crippen LogP contribution is -2.34. The fraction of sp³-hybridized carbons (Fsp3) is 0.417. The Morgan fingerprint density at radius 1 is 1.38 bits per heavy atom. The van der Waals surface area contributed by atoms with Crippen LogP contribution < -0.4 is 0 Å². The van der Waals surface area contributed by atoms with Gasteiger partial charge in [0.25, 0.3) is 0 Å². The molecule has 3 nitrogen and oxygen atoms in total. The maximum absolute atomic E-state index is 11.7. The second-order valence-corrected chi connectivity index (χ2v) is 4.93. The molecule has 0 aromatic heterocycles. The molecule has 4 heteroatoms. The zero-order chi connectivity index (χ0) is 12.1. The molecular formula is C12H17NO2S. The molecule has 1 aromatic carbocycles. The lowest BCUT2D eigenvalue weighted by atomic mass is 10.3. The Hall–Kier alpha value is -1.16. The quantitative estimate of drug-likeness (QED) is 0.820. The summed E-state index contributed by atoms with van der Waals surface area (Å²) in [5.74, 6) is 0.794. The van der Waals surface area contributed by atoms with E-state index in [4.69, 9.17) is 5.11 Å². The average molecular weight is 239 g/mol. The molecule has 0 aliphatic heterocycles. The molecule has 1 amide bonds. The van der Waals surface area contributed by atoms with Crippen LogP contribution in [0.5, 0.6) is 5.75 Å². The predicted octanol–water partition coefficient (Wildman–Crippen LogP) is 2.35. The summed E-state index contributed by atoms with van der Waals surface area (Å²) in [5, 5.41) is 9.11. The van der Waals surface area contributed by atoms with E-state index in [1.807, 2.05) is 33.0 Å². The molecule has 88 valence electrons. The number of benzene rings is 1. The van der Waals surface area contributed by atoms with Gasteiger partial charge in [-0.25, -0.2) is 0 Å². The van der Waals surface area contributed by atoms with E-state index >= 15 is 0 Å². The molecule has 0 bridgehead atoms. The van der Waals surface area contributed by atoms with Crippen LogP contribution in [-0.4, -0.2) is 34.8 Å². The Labute approximate surface area is 100 Å². The van der Waals surface area contributed by atoms with Crippen molar-refractivity contribution in [3.63, 3.8) is 0 Å². The van der Waals surface area contributed by atoms with Gasteiger partial charge in [-0.05, 0) is 38.1 Å². The number of aromatic hydroxyl groups is 1. The van der Waals surface area contributed by atoms with Crippen LogP contribution >= 0.6 is 11.8 Å². The molecule has 0 radical (unpaired) electrons. The monoisotopic (exact) mass is 239 g/mol. The van der Waals surface area contributed by atoms with E-state index in [-0.39, 0.29) is 17.7 Å². The van der Waals surface area contributed by atoms with E-state index in [0.717, 1.165) is 4.90 Å². The molecule has 1 rings (SSSR count). The van der Waals surface area contributed by atoms with Gasteiger partial charge in [0.2, 0.25) is 5.91 Å². The van der Waals surface area contributed by atoms with Gasteiger partial charge in [0.15, 0.2) is 0 Å². The molecule has 0 aliphatic rings. The maximum atomic E-state index is 11.7. The molecular weight excluding hydrogens is 222 g/mol. The zero-order valence-electron chi connectivity index (χ0n) is 9.80. The molecule has 16 heavy (non-hydrogen) atoms. The van der Waals surface area contributed by atoms with Gasteiger partial charge in [-0.15, -0.1) is 11.8 Å². The molecule has 0 saturated heterocycles. The third-order valence-electron chi connectivity index (χ3n) is 2.37. The van der Waals surface area contributed by atoms with Crippen LogP contribution in [-0.2, 0) is 4.79 Å². The highest BCUT2D eigenvalue weighted by molar-refractivity contribution is 8.00. The van der Waals surface area contributed by atoms with Crippen molar-refractivity contribution in [2.45, 2.75) is 24.8 Å². The third kappa shape index (κ3) is 3.77. The fourth-order valence-corrected chi connectivity index (χ4v) is 1.90. The number of amides is 1. The van der Waals surface area contributed by atoms with Gasteiger partial charge in [0, 0.05) is 18.0 Å². The van der Waals surface area contributed by atoms with Crippen LogP contribution in [0.25, 0.3) is 0 Å². The van der Waals surface area contributed by atoms with Crippen molar-refractivity contribution in [1.29, 1.82) is 0 Å². The lowest BCUT2D eigenvalue weighted by Gasteiger charge is -2.21. The van der Waals surface area contributed by atoms with Crippen molar-refractivity contribution in [2.24, 2.45) is 0 Å². The second kappa shape index (κ2) is 5.80. The average Bonchev–Trinajstić information content (AvgIpc) is 2.26. The number of carbonyl (C=O) groups excluding carboxylic acids is 1. The van der Waals surface area contributed by atoms with E-state index in [1.165, 1.54) is 11.8 Å². The summed E-state index contributed by atoms with van der Waals surface area (Å²) in [5.41, 5.74) is 0. The zero-order valence-corrected chi connectivity index (χ0v) is 10.6. The Bertz CT molecular complexity index is 349. The Kier molecular flexibility index (Phi) is 4.68. The lowest BCUT2D eigenvalue weighted by molar-refractivity contribution is -0.128. The van der Waals surface area contributed by atoms with Gasteiger partial charge >= 0.3 is 0 Å². The summed E-state index contributed by atoms with van der Waals surface area (Å²) in [4.78, 5) is 14.4. The van der Waals surface area contributed by atoms with Crippen molar-refractivity contribution in [3.8, 4) is 5.75 Å². The SMILES string of the molecule is CC(C)N(C)C(=O)CSc1ccc(O)cc1. The Morgan fingerprint density at radius 3 is 2.44 bits per heavy atom. The summed E-state index contributed by atoms with van der Waals surface area (Å²) < 4.78 is 0. The van der Waals surface area contributed by atoms with E-state index < -0.39 is 0 Å². The van der Waals surface area contributed by atoms with E-state index in [2.05, 4.69) is 0 Å². The number of carbonyl (C=O) groups is 1. The van der Waals surface area contributed by atoms with Crippen molar-refractivity contribution < 1.29 is 9.90 Å². The number of phenols is 1. The normalized spacial score (nSPS) is 10.5. The smallest absolute Gasteiger partial charge is 0.232 e. The van der Waals surface area contributed by atoms with Crippen LogP contribution in [0.2, 0.25) is 0 Å². The number of nitrogens with zero attached hydrogens (tertiary/aromatic N) is 1. The third-order valence-corrected chi connectivity index (χ3v) is 3.36. The molecule has 0 heterocycles. The summed E-state index contributed by atoms with van der Waals surface area (Å²) in [6, 6.07) is 7.09. The minimum atomic E-state index is 0.119. The second-order valence-electron chi connectivity index (χ2n) is 3.88. The first-order chi connectivity index (χ1) is 7.50. The molecule has 0 unspecified atom stereocenters. The highest BCUT2D eigenvalue weighted by atomic mass is 32.2.